The first kappa shape index (κ1) is 14.3. The minimum absolute atomic E-state index is 0.0310. The first-order chi connectivity index (χ1) is 12.3. The number of carbonyl (C=O) groups excluding carboxylic acids is 1. The Kier molecular flexibility index (Phi) is 2.98. The van der Waals surface area contributed by atoms with Crippen LogP contribution in [0.1, 0.15) is 35.4 Å². The van der Waals surface area contributed by atoms with Crippen molar-refractivity contribution in [3.8, 4) is 6.07 Å². The van der Waals surface area contributed by atoms with E-state index in [9.17, 15) is 4.79 Å². The summed E-state index contributed by atoms with van der Waals surface area (Å²) in [5, 5.41) is 13.9. The molecule has 3 atom stereocenters. The van der Waals surface area contributed by atoms with Crippen LogP contribution in [0.15, 0.2) is 48.7 Å². The Morgan fingerprint density at radius 1 is 1.08 bits per heavy atom. The molecule has 2 aliphatic rings. The number of anilines is 1. The molecular weight excluding hydrogens is 310 g/mol. The molecule has 0 bridgehead atoms. The van der Waals surface area contributed by atoms with E-state index in [1.807, 2.05) is 30.5 Å². The summed E-state index contributed by atoms with van der Waals surface area (Å²) in [5.41, 5.74) is 5.16. The van der Waals surface area contributed by atoms with E-state index in [1.54, 1.807) is 0 Å². The van der Waals surface area contributed by atoms with Crippen LogP contribution < -0.4 is 5.32 Å². The molecule has 2 aromatic carbocycles. The maximum atomic E-state index is 12.7. The van der Waals surface area contributed by atoms with E-state index in [1.165, 1.54) is 5.56 Å². The van der Waals surface area contributed by atoms with Crippen molar-refractivity contribution >= 4 is 22.4 Å². The quantitative estimate of drug-likeness (QED) is 0.711. The minimum Gasteiger partial charge on any atom is -0.381 e. The number of H-pyrrole nitrogens is 1. The van der Waals surface area contributed by atoms with Gasteiger partial charge in [0.15, 0.2) is 0 Å². The Hall–Kier alpha value is -3.06. The van der Waals surface area contributed by atoms with Crippen LogP contribution in [0, 0.1) is 17.2 Å². The fourth-order valence-electron chi connectivity index (χ4n) is 4.58. The molecule has 0 spiro atoms. The molecule has 2 heterocycles. The molecule has 1 aliphatic carbocycles. The van der Waals surface area contributed by atoms with E-state index in [0.29, 0.717) is 17.8 Å². The molecule has 1 aliphatic heterocycles. The van der Waals surface area contributed by atoms with Crippen molar-refractivity contribution < 1.29 is 4.79 Å². The second kappa shape index (κ2) is 5.22. The number of hydrogen-bond donors (Lipinski definition) is 2. The average molecular weight is 327 g/mol. The molecule has 0 radical (unpaired) electrons. The highest BCUT2D eigenvalue weighted by molar-refractivity contribution is 5.94. The van der Waals surface area contributed by atoms with Gasteiger partial charge in [0.25, 0.3) is 0 Å². The lowest BCUT2D eigenvalue weighted by atomic mass is 9.73. The van der Waals surface area contributed by atoms with Crippen molar-refractivity contribution in [3.05, 3.63) is 65.4 Å². The van der Waals surface area contributed by atoms with Gasteiger partial charge < -0.3 is 10.3 Å². The Balaban J connectivity index is 1.77. The Morgan fingerprint density at radius 2 is 1.92 bits per heavy atom. The number of fused-ring (bicyclic) bond motifs is 4. The number of hydrogen-bond acceptors (Lipinski definition) is 3. The van der Waals surface area contributed by atoms with Crippen molar-refractivity contribution in [2.75, 3.05) is 5.32 Å². The van der Waals surface area contributed by atoms with Gasteiger partial charge in [-0.05, 0) is 47.9 Å². The molecule has 4 heteroatoms. The summed E-state index contributed by atoms with van der Waals surface area (Å²) < 4.78 is 0. The van der Waals surface area contributed by atoms with E-state index in [4.69, 9.17) is 5.26 Å². The highest BCUT2D eigenvalue weighted by atomic mass is 16.1. The van der Waals surface area contributed by atoms with Crippen LogP contribution in [0.4, 0.5) is 5.69 Å². The molecule has 0 saturated heterocycles. The summed E-state index contributed by atoms with van der Waals surface area (Å²) in [7, 11) is 0. The maximum Gasteiger partial charge on any atom is 0.139 e. The van der Waals surface area contributed by atoms with Gasteiger partial charge in [-0.1, -0.05) is 12.1 Å². The molecule has 122 valence electrons. The van der Waals surface area contributed by atoms with Gasteiger partial charge in [-0.2, -0.15) is 5.26 Å². The zero-order chi connectivity index (χ0) is 17.0. The fraction of sp³-hybridized carbons (Fsp3) is 0.238. The summed E-state index contributed by atoms with van der Waals surface area (Å²) in [5.74, 6) is 0.328. The molecule has 1 saturated carbocycles. The minimum atomic E-state index is -0.0408. The molecule has 25 heavy (non-hydrogen) atoms. The second-order valence-corrected chi connectivity index (χ2v) is 6.96. The third kappa shape index (κ3) is 2.02. The highest BCUT2D eigenvalue weighted by Crippen LogP contribution is 2.49. The number of rotatable bonds is 1. The molecule has 0 amide bonds. The largest absolute Gasteiger partial charge is 0.381 e. The van der Waals surface area contributed by atoms with Gasteiger partial charge in [-0.25, -0.2) is 0 Å². The number of nitrogens with one attached hydrogen (secondary N) is 2. The maximum absolute atomic E-state index is 12.7. The molecule has 3 aromatic rings. The van der Waals surface area contributed by atoms with Gasteiger partial charge in [-0.15, -0.1) is 0 Å². The van der Waals surface area contributed by atoms with Crippen LogP contribution in [-0.2, 0) is 4.79 Å². The Labute approximate surface area is 145 Å². The molecule has 2 N–H and O–H groups in total. The van der Waals surface area contributed by atoms with E-state index >= 15 is 0 Å². The molecule has 1 aromatic heterocycles. The molecular formula is C21H17N3O. The Bertz CT molecular complexity index is 1030. The van der Waals surface area contributed by atoms with Gasteiger partial charge in [0.05, 0.1) is 11.6 Å². The van der Waals surface area contributed by atoms with Crippen molar-refractivity contribution in [3.63, 3.8) is 0 Å². The van der Waals surface area contributed by atoms with E-state index in [0.717, 1.165) is 28.6 Å². The van der Waals surface area contributed by atoms with Gasteiger partial charge >= 0.3 is 0 Å². The van der Waals surface area contributed by atoms with E-state index < -0.39 is 0 Å². The lowest BCUT2D eigenvalue weighted by Gasteiger charge is -2.37. The third-order valence-corrected chi connectivity index (χ3v) is 5.69. The third-order valence-electron chi connectivity index (χ3n) is 5.69. The number of carbonyl (C=O) groups is 1. The average Bonchev–Trinajstić information content (AvgIpc) is 3.27. The number of ketones is 1. The van der Waals surface area contributed by atoms with Gasteiger partial charge in [-0.3, -0.25) is 4.79 Å². The summed E-state index contributed by atoms with van der Waals surface area (Å²) in [4.78, 5) is 16.0. The van der Waals surface area contributed by atoms with Crippen LogP contribution in [0.25, 0.3) is 10.9 Å². The fourth-order valence-corrected chi connectivity index (χ4v) is 4.58. The van der Waals surface area contributed by atoms with E-state index in [2.05, 4.69) is 34.6 Å². The van der Waals surface area contributed by atoms with Crippen LogP contribution in [0.5, 0.6) is 0 Å². The second-order valence-electron chi connectivity index (χ2n) is 6.96. The Morgan fingerprint density at radius 3 is 2.72 bits per heavy atom. The van der Waals surface area contributed by atoms with Gasteiger partial charge in [0.1, 0.15) is 5.78 Å². The van der Waals surface area contributed by atoms with Crippen molar-refractivity contribution in [1.82, 2.24) is 4.98 Å². The van der Waals surface area contributed by atoms with E-state index in [-0.39, 0.29) is 17.9 Å². The van der Waals surface area contributed by atoms with Crippen LogP contribution in [0.2, 0.25) is 0 Å². The number of Topliss-reactive ketones (excluding diaryl/α,β-unsaturated/α-hetero) is 1. The molecule has 4 nitrogen and oxygen atoms in total. The van der Waals surface area contributed by atoms with Crippen LogP contribution in [-0.4, -0.2) is 16.8 Å². The molecule has 1 fully saturated rings. The summed E-state index contributed by atoms with van der Waals surface area (Å²) in [6.07, 6.45) is 3.48. The standard InChI is InChI=1S/C21H17N3O/c22-11-12-1-3-13(4-2-12)19-20-14-9-10-23-15(14)5-6-16(20)24-17-7-8-18(25)21(17)19/h1-6,9-10,17,19,21,23-24H,7-8H2. The first-order valence-electron chi connectivity index (χ1n) is 8.65. The summed E-state index contributed by atoms with van der Waals surface area (Å²) >= 11 is 0. The zero-order valence-corrected chi connectivity index (χ0v) is 13.6. The molecule has 5 rings (SSSR count). The number of nitriles is 1. The number of nitrogens with zero attached hydrogens (tertiary/aromatic N) is 1. The zero-order valence-electron chi connectivity index (χ0n) is 13.6. The number of aromatic nitrogens is 1. The molecule has 3 unspecified atom stereocenters. The van der Waals surface area contributed by atoms with Gasteiger partial charge in [0.2, 0.25) is 0 Å². The smallest absolute Gasteiger partial charge is 0.139 e. The number of aromatic amines is 1. The van der Waals surface area contributed by atoms with Crippen LogP contribution in [0.3, 0.4) is 0 Å². The lowest BCUT2D eigenvalue weighted by Crippen LogP contribution is -2.37. The predicted octanol–water partition coefficient (Wildman–Crippen LogP) is 3.94. The van der Waals surface area contributed by atoms with Gasteiger partial charge in [0, 0.05) is 47.1 Å². The summed E-state index contributed by atoms with van der Waals surface area (Å²) in [6.45, 7) is 0. The van der Waals surface area contributed by atoms with Crippen molar-refractivity contribution in [2.45, 2.75) is 24.8 Å². The normalized spacial score (nSPS) is 24.4. The monoisotopic (exact) mass is 327 g/mol. The lowest BCUT2D eigenvalue weighted by molar-refractivity contribution is -0.121. The number of benzene rings is 2. The SMILES string of the molecule is N#Cc1ccc(C2c3c(ccc4[nH]ccc34)NC3CCC(=O)C32)cc1. The predicted molar refractivity (Wildman–Crippen MR) is 96.4 cm³/mol. The summed E-state index contributed by atoms with van der Waals surface area (Å²) in [6, 6.07) is 16.4. The first-order valence-corrected chi connectivity index (χ1v) is 8.65. The highest BCUT2D eigenvalue weighted by Gasteiger charge is 2.45. The topological polar surface area (TPSA) is 68.7 Å². The van der Waals surface area contributed by atoms with Crippen molar-refractivity contribution in [1.29, 1.82) is 5.26 Å². The van der Waals surface area contributed by atoms with Crippen molar-refractivity contribution in [2.24, 2.45) is 5.92 Å². The van der Waals surface area contributed by atoms with Crippen LogP contribution >= 0.6 is 0 Å².